The lowest BCUT2D eigenvalue weighted by molar-refractivity contribution is -0.139. The van der Waals surface area contributed by atoms with E-state index in [1.54, 1.807) is 25.8 Å². The zero-order valence-corrected chi connectivity index (χ0v) is 20.9. The molecule has 192 valence electrons. The molecule has 1 fully saturated rings. The first-order valence-electron chi connectivity index (χ1n) is 12.8. The molecule has 8 nitrogen and oxygen atoms in total. The van der Waals surface area contributed by atoms with Gasteiger partial charge in [0.2, 0.25) is 0 Å². The van der Waals surface area contributed by atoms with Crippen molar-refractivity contribution in [2.45, 2.75) is 51.0 Å². The SMILES string of the molecule is COc1ccc2nccc([C@H](O)CC[C@@H]3CCN(CCCCc4ccncn4)C[C@@H]3CC(=O)O)c2c1. The summed E-state index contributed by atoms with van der Waals surface area (Å²) >= 11 is 0. The van der Waals surface area contributed by atoms with Gasteiger partial charge in [-0.25, -0.2) is 9.97 Å². The second kappa shape index (κ2) is 12.7. The molecule has 2 N–H and O–H groups in total. The Morgan fingerprint density at radius 3 is 2.83 bits per heavy atom. The number of carbonyl (C=O) groups is 1. The number of methoxy groups -OCH3 is 1. The summed E-state index contributed by atoms with van der Waals surface area (Å²) in [6.07, 6.45) is 10.0. The Hall–Kier alpha value is -3.10. The zero-order chi connectivity index (χ0) is 25.3. The molecular formula is C28H36N4O4. The Balaban J connectivity index is 1.31. The minimum atomic E-state index is -0.747. The highest BCUT2D eigenvalue weighted by atomic mass is 16.5. The topological polar surface area (TPSA) is 109 Å². The Morgan fingerprint density at radius 2 is 2.06 bits per heavy atom. The number of benzene rings is 1. The van der Waals surface area contributed by atoms with Crippen molar-refractivity contribution in [1.29, 1.82) is 0 Å². The second-order valence-corrected chi connectivity index (χ2v) is 9.74. The average molecular weight is 493 g/mol. The van der Waals surface area contributed by atoms with E-state index in [-0.39, 0.29) is 18.3 Å². The van der Waals surface area contributed by atoms with Crippen LogP contribution in [-0.2, 0) is 11.2 Å². The maximum atomic E-state index is 11.6. The fourth-order valence-corrected chi connectivity index (χ4v) is 5.39. The van der Waals surface area contributed by atoms with E-state index in [9.17, 15) is 15.0 Å². The van der Waals surface area contributed by atoms with E-state index in [2.05, 4.69) is 19.9 Å². The van der Waals surface area contributed by atoms with Crippen LogP contribution in [0.4, 0.5) is 0 Å². The number of carboxylic acids is 1. The van der Waals surface area contributed by atoms with Crippen LogP contribution >= 0.6 is 0 Å². The fourth-order valence-electron chi connectivity index (χ4n) is 5.39. The van der Waals surface area contributed by atoms with Crippen molar-refractivity contribution >= 4 is 16.9 Å². The highest BCUT2D eigenvalue weighted by Crippen LogP contribution is 2.34. The number of ether oxygens (including phenoxy) is 1. The summed E-state index contributed by atoms with van der Waals surface area (Å²) in [5.41, 5.74) is 2.73. The lowest BCUT2D eigenvalue weighted by atomic mass is 9.79. The number of nitrogens with zero attached hydrogens (tertiary/aromatic N) is 4. The molecule has 1 aliphatic heterocycles. The van der Waals surface area contributed by atoms with Crippen LogP contribution in [0, 0.1) is 11.8 Å². The van der Waals surface area contributed by atoms with Gasteiger partial charge in [0, 0.05) is 36.4 Å². The summed E-state index contributed by atoms with van der Waals surface area (Å²) in [7, 11) is 1.63. The van der Waals surface area contributed by atoms with Gasteiger partial charge in [0.05, 0.1) is 18.7 Å². The number of hydrogen-bond donors (Lipinski definition) is 2. The molecule has 4 rings (SSSR count). The first-order chi connectivity index (χ1) is 17.5. The van der Waals surface area contributed by atoms with Crippen molar-refractivity contribution in [2.24, 2.45) is 11.8 Å². The van der Waals surface area contributed by atoms with Crippen LogP contribution in [0.1, 0.15) is 55.9 Å². The lowest BCUT2D eigenvalue weighted by Crippen LogP contribution is -2.41. The molecule has 0 amide bonds. The molecule has 1 aromatic carbocycles. The molecule has 3 aromatic rings. The molecule has 3 atom stereocenters. The maximum absolute atomic E-state index is 11.6. The molecule has 8 heteroatoms. The smallest absolute Gasteiger partial charge is 0.303 e. The van der Waals surface area contributed by atoms with Crippen LogP contribution in [0.25, 0.3) is 10.9 Å². The number of piperidine rings is 1. The minimum Gasteiger partial charge on any atom is -0.497 e. The van der Waals surface area contributed by atoms with Crippen molar-refractivity contribution in [2.75, 3.05) is 26.7 Å². The molecule has 0 spiro atoms. The predicted molar refractivity (Wildman–Crippen MR) is 138 cm³/mol. The molecule has 1 aliphatic rings. The third-order valence-corrected chi connectivity index (χ3v) is 7.37. The maximum Gasteiger partial charge on any atom is 0.303 e. The number of aliphatic hydroxyl groups excluding tert-OH is 1. The number of likely N-dealkylation sites (tertiary alicyclic amines) is 1. The van der Waals surface area contributed by atoms with Crippen molar-refractivity contribution in [1.82, 2.24) is 19.9 Å². The summed E-state index contributed by atoms with van der Waals surface area (Å²) < 4.78 is 5.36. The first kappa shape index (κ1) is 26.0. The van der Waals surface area contributed by atoms with E-state index in [0.717, 1.165) is 79.6 Å². The largest absolute Gasteiger partial charge is 0.497 e. The van der Waals surface area contributed by atoms with Crippen molar-refractivity contribution in [3.05, 3.63) is 60.3 Å². The van der Waals surface area contributed by atoms with Crippen LogP contribution in [0.5, 0.6) is 5.75 Å². The van der Waals surface area contributed by atoms with Crippen LogP contribution in [-0.4, -0.2) is 62.8 Å². The van der Waals surface area contributed by atoms with Crippen LogP contribution < -0.4 is 4.74 Å². The summed E-state index contributed by atoms with van der Waals surface area (Å²) in [6.45, 7) is 2.75. The fraction of sp³-hybridized carbons (Fsp3) is 0.500. The molecular weight excluding hydrogens is 456 g/mol. The number of aliphatic hydroxyl groups is 1. The molecule has 0 aliphatic carbocycles. The molecule has 2 aromatic heterocycles. The van der Waals surface area contributed by atoms with Gasteiger partial charge in [0.15, 0.2) is 0 Å². The summed E-state index contributed by atoms with van der Waals surface area (Å²) in [5, 5.41) is 21.5. The Morgan fingerprint density at radius 1 is 1.17 bits per heavy atom. The summed E-state index contributed by atoms with van der Waals surface area (Å²) in [5.74, 6) is 0.369. The van der Waals surface area contributed by atoms with E-state index in [4.69, 9.17) is 4.74 Å². The van der Waals surface area contributed by atoms with Gasteiger partial charge < -0.3 is 19.8 Å². The molecule has 0 unspecified atom stereocenters. The Labute approximate surface area is 212 Å². The molecule has 3 heterocycles. The zero-order valence-electron chi connectivity index (χ0n) is 20.9. The van der Waals surface area contributed by atoms with E-state index in [1.165, 1.54) is 0 Å². The number of pyridine rings is 1. The number of hydrogen-bond acceptors (Lipinski definition) is 7. The van der Waals surface area contributed by atoms with E-state index in [0.29, 0.717) is 6.42 Å². The molecule has 36 heavy (non-hydrogen) atoms. The number of fused-ring (bicyclic) bond motifs is 1. The van der Waals surface area contributed by atoms with Gasteiger partial charge in [0.25, 0.3) is 0 Å². The number of aromatic nitrogens is 3. The Kier molecular flexibility index (Phi) is 9.19. The normalized spacial score (nSPS) is 19.3. The molecule has 0 bridgehead atoms. The van der Waals surface area contributed by atoms with Gasteiger partial charge in [-0.1, -0.05) is 0 Å². The average Bonchev–Trinajstić information content (AvgIpc) is 2.90. The van der Waals surface area contributed by atoms with Crippen LogP contribution in [0.15, 0.2) is 49.1 Å². The van der Waals surface area contributed by atoms with E-state index >= 15 is 0 Å². The van der Waals surface area contributed by atoms with Gasteiger partial charge in [0.1, 0.15) is 12.1 Å². The first-order valence-corrected chi connectivity index (χ1v) is 12.8. The third-order valence-electron chi connectivity index (χ3n) is 7.37. The van der Waals surface area contributed by atoms with Gasteiger partial charge in [-0.2, -0.15) is 0 Å². The standard InChI is InChI=1S/C28H36N4O4/c1-36-23-6-7-26-25(17-23)24(10-13-30-26)27(33)8-5-20-11-15-32(18-21(20)16-28(34)35)14-3-2-4-22-9-12-29-19-31-22/h6-7,9-10,12-13,17,19-21,27,33H,2-5,8,11,14-16,18H2,1H3,(H,34,35)/t20-,21+,27-/m1/s1. The summed E-state index contributed by atoms with van der Waals surface area (Å²) in [4.78, 5) is 26.7. The van der Waals surface area contributed by atoms with E-state index < -0.39 is 12.1 Å². The highest BCUT2D eigenvalue weighted by molar-refractivity contribution is 5.83. The van der Waals surface area contributed by atoms with E-state index in [1.807, 2.05) is 30.3 Å². The van der Waals surface area contributed by atoms with Crippen LogP contribution in [0.3, 0.4) is 0 Å². The van der Waals surface area contributed by atoms with Crippen LogP contribution in [0.2, 0.25) is 0 Å². The van der Waals surface area contributed by atoms with Crippen molar-refractivity contribution < 1.29 is 19.7 Å². The van der Waals surface area contributed by atoms with Gasteiger partial charge in [-0.15, -0.1) is 0 Å². The summed E-state index contributed by atoms with van der Waals surface area (Å²) in [6, 6.07) is 9.50. The van der Waals surface area contributed by atoms with Crippen molar-refractivity contribution in [3.63, 3.8) is 0 Å². The van der Waals surface area contributed by atoms with Gasteiger partial charge in [-0.05, 0) is 99.3 Å². The predicted octanol–water partition coefficient (Wildman–Crippen LogP) is 4.28. The van der Waals surface area contributed by atoms with Gasteiger partial charge >= 0.3 is 5.97 Å². The number of unbranched alkanes of at least 4 members (excludes halogenated alkanes) is 1. The van der Waals surface area contributed by atoms with Gasteiger partial charge in [-0.3, -0.25) is 9.78 Å². The number of rotatable bonds is 12. The number of aliphatic carboxylic acids is 1. The molecule has 0 radical (unpaired) electrons. The quantitative estimate of drug-likeness (QED) is 0.361. The molecule has 0 saturated carbocycles. The van der Waals surface area contributed by atoms with Crippen molar-refractivity contribution in [3.8, 4) is 5.75 Å². The number of aryl methyl sites for hydroxylation is 1. The number of carboxylic acid groups (broad SMARTS) is 1. The monoisotopic (exact) mass is 492 g/mol. The molecule has 1 saturated heterocycles. The third kappa shape index (κ3) is 6.98. The second-order valence-electron chi connectivity index (χ2n) is 9.74. The minimum absolute atomic E-state index is 0.0968. The Bertz CT molecular complexity index is 1130. The lowest BCUT2D eigenvalue weighted by Gasteiger charge is -2.38. The highest BCUT2D eigenvalue weighted by Gasteiger charge is 2.31.